The lowest BCUT2D eigenvalue weighted by Crippen LogP contribution is -2.09. The van der Waals surface area contributed by atoms with Crippen molar-refractivity contribution in [3.63, 3.8) is 0 Å². The lowest BCUT2D eigenvalue weighted by molar-refractivity contribution is 0.137. The van der Waals surface area contributed by atoms with E-state index in [1.54, 1.807) is 10.6 Å². The predicted molar refractivity (Wildman–Crippen MR) is 81.3 cm³/mol. The number of aromatic nitrogens is 1. The number of nitrogens with two attached hydrogens (primary N) is 1. The van der Waals surface area contributed by atoms with E-state index < -0.39 is 0 Å². The van der Waals surface area contributed by atoms with E-state index in [1.807, 2.05) is 38.1 Å². The second kappa shape index (κ2) is 6.82. The zero-order valence-corrected chi connectivity index (χ0v) is 12.3. The smallest absolute Gasteiger partial charge is 0.224 e. The lowest BCUT2D eigenvalue weighted by Gasteiger charge is -2.13. The summed E-state index contributed by atoms with van der Waals surface area (Å²) in [5.74, 6) is 1.21. The van der Waals surface area contributed by atoms with Crippen molar-refractivity contribution >= 4 is 5.69 Å². The lowest BCUT2D eigenvalue weighted by atomic mass is 10.2. The van der Waals surface area contributed by atoms with E-state index in [2.05, 4.69) is 6.07 Å². The fraction of sp³-hybridized carbons (Fsp3) is 0.312. The van der Waals surface area contributed by atoms with Gasteiger partial charge in [0.05, 0.1) is 18.8 Å². The van der Waals surface area contributed by atoms with E-state index in [0.717, 1.165) is 11.3 Å². The molecule has 0 spiro atoms. The van der Waals surface area contributed by atoms with Crippen molar-refractivity contribution in [2.45, 2.75) is 20.4 Å². The van der Waals surface area contributed by atoms with Crippen LogP contribution in [0.5, 0.6) is 11.6 Å². The summed E-state index contributed by atoms with van der Waals surface area (Å²) < 4.78 is 13.0. The second-order valence-corrected chi connectivity index (χ2v) is 4.62. The van der Waals surface area contributed by atoms with Crippen LogP contribution in [0.2, 0.25) is 0 Å². The molecule has 0 fully saturated rings. The van der Waals surface area contributed by atoms with Crippen molar-refractivity contribution in [3.8, 4) is 17.7 Å². The van der Waals surface area contributed by atoms with Gasteiger partial charge in [-0.1, -0.05) is 18.2 Å². The molecule has 2 rings (SSSR count). The van der Waals surface area contributed by atoms with Gasteiger partial charge in [-0.2, -0.15) is 5.26 Å². The molecule has 110 valence electrons. The van der Waals surface area contributed by atoms with Crippen molar-refractivity contribution in [2.24, 2.45) is 0 Å². The first kappa shape index (κ1) is 14.9. The predicted octanol–water partition coefficient (Wildman–Crippen LogP) is 3.08. The van der Waals surface area contributed by atoms with E-state index in [9.17, 15) is 5.26 Å². The van der Waals surface area contributed by atoms with Crippen molar-refractivity contribution < 1.29 is 9.47 Å². The Balaban J connectivity index is 2.32. The first-order valence-corrected chi connectivity index (χ1v) is 6.87. The van der Waals surface area contributed by atoms with Gasteiger partial charge in [0, 0.05) is 12.7 Å². The minimum absolute atomic E-state index is 0.450. The first-order valence-electron chi connectivity index (χ1n) is 6.87. The zero-order chi connectivity index (χ0) is 15.2. The van der Waals surface area contributed by atoms with Gasteiger partial charge in [-0.25, -0.2) is 0 Å². The molecule has 0 radical (unpaired) electrons. The minimum Gasteiger partial charge on any atom is -0.438 e. The molecule has 5 heteroatoms. The monoisotopic (exact) mass is 285 g/mol. The van der Waals surface area contributed by atoms with Crippen LogP contribution < -0.4 is 10.5 Å². The summed E-state index contributed by atoms with van der Waals surface area (Å²) in [5.41, 5.74) is 7.91. The largest absolute Gasteiger partial charge is 0.438 e. The van der Waals surface area contributed by atoms with Gasteiger partial charge in [0.1, 0.15) is 17.5 Å². The summed E-state index contributed by atoms with van der Waals surface area (Å²) in [5, 5.41) is 9.21. The molecular weight excluding hydrogens is 266 g/mol. The molecule has 0 unspecified atom stereocenters. The summed E-state index contributed by atoms with van der Waals surface area (Å²) in [6.07, 6.45) is 0. The number of hydrogen-bond donors (Lipinski definition) is 1. The topological polar surface area (TPSA) is 73.2 Å². The molecule has 5 nitrogen and oxygen atoms in total. The van der Waals surface area contributed by atoms with E-state index in [0.29, 0.717) is 37.0 Å². The number of hydrogen-bond acceptors (Lipinski definition) is 4. The third kappa shape index (κ3) is 3.36. The average molecular weight is 285 g/mol. The average Bonchev–Trinajstić information content (AvgIpc) is 2.78. The van der Waals surface area contributed by atoms with Gasteiger partial charge in [0.25, 0.3) is 0 Å². The Hall–Kier alpha value is -2.45. The van der Waals surface area contributed by atoms with Crippen LogP contribution in [0.3, 0.4) is 0 Å². The summed E-state index contributed by atoms with van der Waals surface area (Å²) in [6.45, 7) is 5.55. The maximum absolute atomic E-state index is 9.21. The molecule has 0 aliphatic heterocycles. The van der Waals surface area contributed by atoms with Gasteiger partial charge in [0.2, 0.25) is 5.88 Å². The molecule has 0 saturated carbocycles. The van der Waals surface area contributed by atoms with Crippen LogP contribution in [0.15, 0.2) is 30.3 Å². The molecule has 1 aromatic heterocycles. The van der Waals surface area contributed by atoms with Crippen LogP contribution in [0.25, 0.3) is 0 Å². The molecule has 1 aromatic carbocycles. The maximum Gasteiger partial charge on any atom is 0.224 e. The Morgan fingerprint density at radius 3 is 2.76 bits per heavy atom. The fourth-order valence-electron chi connectivity index (χ4n) is 2.06. The molecule has 1 heterocycles. The van der Waals surface area contributed by atoms with Crippen molar-refractivity contribution in [2.75, 3.05) is 18.9 Å². The number of nitriles is 1. The number of rotatable bonds is 6. The van der Waals surface area contributed by atoms with Crippen LogP contribution in [0.1, 0.15) is 18.2 Å². The number of benzene rings is 1. The summed E-state index contributed by atoms with van der Waals surface area (Å²) >= 11 is 0. The summed E-state index contributed by atoms with van der Waals surface area (Å²) in [7, 11) is 0. The molecule has 0 saturated heterocycles. The number of anilines is 1. The molecule has 2 N–H and O–H groups in total. The first-order chi connectivity index (χ1) is 10.2. The number of ether oxygens (including phenoxy) is 2. The van der Waals surface area contributed by atoms with E-state index >= 15 is 0 Å². The molecule has 0 amide bonds. The quantitative estimate of drug-likeness (QED) is 0.828. The van der Waals surface area contributed by atoms with Crippen molar-refractivity contribution in [1.82, 2.24) is 4.57 Å². The number of nitrogens with zero attached hydrogens (tertiary/aromatic N) is 2. The molecular formula is C16H19N3O2. The Labute approximate surface area is 124 Å². The zero-order valence-electron chi connectivity index (χ0n) is 12.3. The minimum atomic E-state index is 0.450. The second-order valence-electron chi connectivity index (χ2n) is 4.62. The van der Waals surface area contributed by atoms with Crippen LogP contribution in [0, 0.1) is 18.3 Å². The standard InChI is InChI=1S/C16H19N3O2/c1-3-20-9-8-19-13(11-17)10-14(18)16(19)21-15-7-5-4-6-12(15)2/h4-7,10H,3,8-9,18H2,1-2H3. The SMILES string of the molecule is CCOCCn1c(C#N)cc(N)c1Oc1ccccc1C. The van der Waals surface area contributed by atoms with Crippen LogP contribution >= 0.6 is 0 Å². The molecule has 0 atom stereocenters. The van der Waals surface area contributed by atoms with Gasteiger partial charge in [-0.15, -0.1) is 0 Å². The summed E-state index contributed by atoms with van der Waals surface area (Å²) in [4.78, 5) is 0. The Kier molecular flexibility index (Phi) is 4.85. The Bertz CT molecular complexity index is 656. The van der Waals surface area contributed by atoms with E-state index in [4.69, 9.17) is 15.2 Å². The molecule has 0 aliphatic rings. The number of aryl methyl sites for hydroxylation is 1. The highest BCUT2D eigenvalue weighted by Crippen LogP contribution is 2.32. The highest BCUT2D eigenvalue weighted by molar-refractivity contribution is 5.56. The third-order valence-electron chi connectivity index (χ3n) is 3.15. The normalized spacial score (nSPS) is 10.3. The van der Waals surface area contributed by atoms with Gasteiger partial charge in [0.15, 0.2) is 0 Å². The molecule has 0 aliphatic carbocycles. The van der Waals surface area contributed by atoms with Gasteiger partial charge < -0.3 is 15.2 Å². The Morgan fingerprint density at radius 1 is 1.33 bits per heavy atom. The van der Waals surface area contributed by atoms with Crippen molar-refractivity contribution in [3.05, 3.63) is 41.6 Å². The number of nitrogen functional groups attached to an aromatic ring is 1. The van der Waals surface area contributed by atoms with Crippen molar-refractivity contribution in [1.29, 1.82) is 5.26 Å². The van der Waals surface area contributed by atoms with Crippen LogP contribution in [0.4, 0.5) is 5.69 Å². The molecule has 0 bridgehead atoms. The molecule has 21 heavy (non-hydrogen) atoms. The third-order valence-corrected chi connectivity index (χ3v) is 3.15. The van der Waals surface area contributed by atoms with E-state index in [-0.39, 0.29) is 0 Å². The maximum atomic E-state index is 9.21. The van der Waals surface area contributed by atoms with Gasteiger partial charge >= 0.3 is 0 Å². The van der Waals surface area contributed by atoms with Gasteiger partial charge in [-0.3, -0.25) is 4.57 Å². The Morgan fingerprint density at radius 2 is 2.10 bits per heavy atom. The van der Waals surface area contributed by atoms with Crippen LogP contribution in [-0.4, -0.2) is 17.8 Å². The fourth-order valence-corrected chi connectivity index (χ4v) is 2.06. The number of para-hydroxylation sites is 1. The summed E-state index contributed by atoms with van der Waals surface area (Å²) in [6, 6.07) is 11.4. The highest BCUT2D eigenvalue weighted by Gasteiger charge is 2.15. The van der Waals surface area contributed by atoms with E-state index in [1.165, 1.54) is 0 Å². The van der Waals surface area contributed by atoms with Crippen LogP contribution in [-0.2, 0) is 11.3 Å². The highest BCUT2D eigenvalue weighted by atomic mass is 16.5. The molecule has 2 aromatic rings. The van der Waals surface area contributed by atoms with Gasteiger partial charge in [-0.05, 0) is 25.5 Å².